The molecule has 19 heavy (non-hydrogen) atoms. The first kappa shape index (κ1) is 14.4. The highest BCUT2D eigenvalue weighted by atomic mass is 79.9. The zero-order chi connectivity index (χ0) is 13.7. The van der Waals surface area contributed by atoms with Gasteiger partial charge in [-0.2, -0.15) is 0 Å². The molecule has 1 fully saturated rings. The van der Waals surface area contributed by atoms with Gasteiger partial charge in [0.2, 0.25) is 0 Å². The van der Waals surface area contributed by atoms with Gasteiger partial charge in [-0.25, -0.2) is 0 Å². The summed E-state index contributed by atoms with van der Waals surface area (Å²) in [6.07, 6.45) is 7.19. The van der Waals surface area contributed by atoms with E-state index in [2.05, 4.69) is 15.9 Å². The van der Waals surface area contributed by atoms with E-state index in [1.165, 1.54) is 12.8 Å². The van der Waals surface area contributed by atoms with Crippen LogP contribution in [0, 0.1) is 0 Å². The molecule has 1 aliphatic carbocycles. The highest BCUT2D eigenvalue weighted by molar-refractivity contribution is 9.10. The molecule has 0 aromatic heterocycles. The maximum absolute atomic E-state index is 10.4. The molecule has 0 unspecified atom stereocenters. The summed E-state index contributed by atoms with van der Waals surface area (Å²) >= 11 is 3.54. The Labute approximate surface area is 122 Å². The SMILES string of the molecule is COc1cc(CCC=O)cc(Br)c1OC1CCCC1. The van der Waals surface area contributed by atoms with Gasteiger partial charge in [-0.05, 0) is 65.7 Å². The predicted octanol–water partition coefficient (Wildman–Crippen LogP) is 3.91. The minimum Gasteiger partial charge on any atom is -0.493 e. The number of carbonyl (C=O) groups is 1. The fraction of sp³-hybridized carbons (Fsp3) is 0.533. The molecule has 0 bridgehead atoms. The zero-order valence-corrected chi connectivity index (χ0v) is 12.7. The van der Waals surface area contributed by atoms with Crippen LogP contribution in [-0.2, 0) is 11.2 Å². The Morgan fingerprint density at radius 2 is 2.11 bits per heavy atom. The van der Waals surface area contributed by atoms with Crippen LogP contribution in [0.5, 0.6) is 11.5 Å². The van der Waals surface area contributed by atoms with Gasteiger partial charge in [0.05, 0.1) is 17.7 Å². The summed E-state index contributed by atoms with van der Waals surface area (Å²) in [5.74, 6) is 1.52. The van der Waals surface area contributed by atoms with Crippen LogP contribution in [0.25, 0.3) is 0 Å². The van der Waals surface area contributed by atoms with E-state index in [4.69, 9.17) is 9.47 Å². The Kier molecular flexibility index (Phi) is 5.25. The van der Waals surface area contributed by atoms with Crippen molar-refractivity contribution in [1.29, 1.82) is 0 Å². The van der Waals surface area contributed by atoms with Gasteiger partial charge in [0.25, 0.3) is 0 Å². The Balaban J connectivity index is 2.18. The first-order valence-corrected chi connectivity index (χ1v) is 7.50. The van der Waals surface area contributed by atoms with Crippen LogP contribution in [0.3, 0.4) is 0 Å². The molecule has 0 radical (unpaired) electrons. The van der Waals surface area contributed by atoms with E-state index in [1.54, 1.807) is 7.11 Å². The maximum Gasteiger partial charge on any atom is 0.175 e. The number of aldehydes is 1. The molecule has 0 N–H and O–H groups in total. The van der Waals surface area contributed by atoms with Crippen molar-refractivity contribution in [1.82, 2.24) is 0 Å². The van der Waals surface area contributed by atoms with Crippen LogP contribution in [0.2, 0.25) is 0 Å². The van der Waals surface area contributed by atoms with Crippen molar-refractivity contribution in [3.63, 3.8) is 0 Å². The predicted molar refractivity (Wildman–Crippen MR) is 78.0 cm³/mol. The second-order valence-corrected chi connectivity index (χ2v) is 5.69. The van der Waals surface area contributed by atoms with Crippen molar-refractivity contribution < 1.29 is 14.3 Å². The number of halogens is 1. The van der Waals surface area contributed by atoms with Crippen LogP contribution in [0.15, 0.2) is 16.6 Å². The lowest BCUT2D eigenvalue weighted by molar-refractivity contribution is -0.107. The molecule has 0 spiro atoms. The van der Waals surface area contributed by atoms with E-state index >= 15 is 0 Å². The minimum atomic E-state index is 0.297. The molecular weight excluding hydrogens is 308 g/mol. The molecule has 0 saturated heterocycles. The number of ether oxygens (including phenoxy) is 2. The van der Waals surface area contributed by atoms with E-state index in [0.29, 0.717) is 12.5 Å². The summed E-state index contributed by atoms with van der Waals surface area (Å²) in [4.78, 5) is 10.4. The quantitative estimate of drug-likeness (QED) is 0.743. The van der Waals surface area contributed by atoms with Gasteiger partial charge < -0.3 is 14.3 Å². The normalized spacial score (nSPS) is 15.5. The fourth-order valence-corrected chi connectivity index (χ4v) is 3.01. The molecule has 4 heteroatoms. The number of aryl methyl sites for hydroxylation is 1. The minimum absolute atomic E-state index is 0.297. The third-order valence-corrected chi connectivity index (χ3v) is 4.02. The van der Waals surface area contributed by atoms with Gasteiger partial charge in [-0.3, -0.25) is 0 Å². The molecule has 1 aromatic carbocycles. The molecule has 1 aliphatic rings. The number of rotatable bonds is 6. The third kappa shape index (κ3) is 3.72. The van der Waals surface area contributed by atoms with Crippen molar-refractivity contribution in [3.8, 4) is 11.5 Å². The summed E-state index contributed by atoms with van der Waals surface area (Å²) in [5, 5.41) is 0. The summed E-state index contributed by atoms with van der Waals surface area (Å²) < 4.78 is 12.4. The van der Waals surface area contributed by atoms with Crippen molar-refractivity contribution >= 4 is 22.2 Å². The molecule has 0 heterocycles. The smallest absolute Gasteiger partial charge is 0.175 e. The van der Waals surface area contributed by atoms with Crippen LogP contribution < -0.4 is 9.47 Å². The topological polar surface area (TPSA) is 35.5 Å². The molecule has 0 aliphatic heterocycles. The van der Waals surface area contributed by atoms with Crippen LogP contribution in [0.4, 0.5) is 0 Å². The van der Waals surface area contributed by atoms with Crippen molar-refractivity contribution in [2.24, 2.45) is 0 Å². The third-order valence-electron chi connectivity index (χ3n) is 3.43. The Bertz CT molecular complexity index is 439. The Hall–Kier alpha value is -1.03. The molecule has 1 saturated carbocycles. The molecule has 0 atom stereocenters. The van der Waals surface area contributed by atoms with E-state index in [-0.39, 0.29) is 0 Å². The summed E-state index contributed by atoms with van der Waals surface area (Å²) in [5.41, 5.74) is 1.08. The van der Waals surface area contributed by atoms with Gasteiger partial charge in [-0.15, -0.1) is 0 Å². The largest absolute Gasteiger partial charge is 0.493 e. The number of carbonyl (C=O) groups excluding carboxylic acids is 1. The molecule has 104 valence electrons. The van der Waals surface area contributed by atoms with E-state index in [0.717, 1.165) is 47.1 Å². The van der Waals surface area contributed by atoms with E-state index < -0.39 is 0 Å². The summed E-state index contributed by atoms with van der Waals surface area (Å²) in [7, 11) is 1.65. The molecule has 3 nitrogen and oxygen atoms in total. The zero-order valence-electron chi connectivity index (χ0n) is 11.2. The van der Waals surface area contributed by atoms with Gasteiger partial charge in [-0.1, -0.05) is 0 Å². The van der Waals surface area contributed by atoms with E-state index in [1.807, 2.05) is 12.1 Å². The van der Waals surface area contributed by atoms with Crippen molar-refractivity contribution in [2.75, 3.05) is 7.11 Å². The summed E-state index contributed by atoms with van der Waals surface area (Å²) in [6, 6.07) is 3.97. The Morgan fingerprint density at radius 1 is 1.37 bits per heavy atom. The maximum atomic E-state index is 10.4. The lowest BCUT2D eigenvalue weighted by Crippen LogP contribution is -2.12. The second kappa shape index (κ2) is 6.94. The lowest BCUT2D eigenvalue weighted by Gasteiger charge is -2.18. The highest BCUT2D eigenvalue weighted by Gasteiger charge is 2.20. The molecule has 1 aromatic rings. The van der Waals surface area contributed by atoms with Gasteiger partial charge in [0.15, 0.2) is 11.5 Å². The lowest BCUT2D eigenvalue weighted by atomic mass is 10.1. The van der Waals surface area contributed by atoms with Gasteiger partial charge >= 0.3 is 0 Å². The number of methoxy groups -OCH3 is 1. The van der Waals surface area contributed by atoms with Crippen LogP contribution >= 0.6 is 15.9 Å². The second-order valence-electron chi connectivity index (χ2n) is 4.84. The average Bonchev–Trinajstić information content (AvgIpc) is 2.91. The highest BCUT2D eigenvalue weighted by Crippen LogP contribution is 2.39. The first-order chi connectivity index (χ1) is 9.24. The van der Waals surface area contributed by atoms with Gasteiger partial charge in [0, 0.05) is 6.42 Å². The average molecular weight is 327 g/mol. The van der Waals surface area contributed by atoms with Crippen molar-refractivity contribution in [2.45, 2.75) is 44.6 Å². The van der Waals surface area contributed by atoms with E-state index in [9.17, 15) is 4.79 Å². The van der Waals surface area contributed by atoms with Gasteiger partial charge in [0.1, 0.15) is 6.29 Å². The molecular formula is C15H19BrO3. The monoisotopic (exact) mass is 326 g/mol. The van der Waals surface area contributed by atoms with Crippen molar-refractivity contribution in [3.05, 3.63) is 22.2 Å². The van der Waals surface area contributed by atoms with Crippen LogP contribution in [-0.4, -0.2) is 19.5 Å². The number of hydrogen-bond acceptors (Lipinski definition) is 3. The fourth-order valence-electron chi connectivity index (χ4n) is 2.43. The Morgan fingerprint density at radius 3 is 2.74 bits per heavy atom. The number of benzene rings is 1. The summed E-state index contributed by atoms with van der Waals surface area (Å²) in [6.45, 7) is 0. The molecule has 0 amide bonds. The number of hydrogen-bond donors (Lipinski definition) is 0. The molecule has 2 rings (SSSR count). The van der Waals surface area contributed by atoms with Crippen LogP contribution in [0.1, 0.15) is 37.7 Å². The standard InChI is InChI=1S/C15H19BrO3/c1-18-14-10-11(5-4-8-17)9-13(16)15(14)19-12-6-2-3-7-12/h8-10,12H,2-7H2,1H3. The first-order valence-electron chi connectivity index (χ1n) is 6.71.